The Morgan fingerprint density at radius 2 is 1.77 bits per heavy atom. The fourth-order valence-electron chi connectivity index (χ4n) is 2.29. The van der Waals surface area contributed by atoms with Gasteiger partial charge in [-0.15, -0.1) is 0 Å². The van der Waals surface area contributed by atoms with Gasteiger partial charge in [-0.3, -0.25) is 4.72 Å². The molecule has 1 aromatic carbocycles. The average molecular weight is 319 g/mol. The van der Waals surface area contributed by atoms with Crippen molar-refractivity contribution >= 4 is 15.9 Å². The number of hydrogen-bond acceptors (Lipinski definition) is 4. The average Bonchev–Trinajstić information content (AvgIpc) is 3.05. The highest BCUT2D eigenvalue weighted by atomic mass is 32.2. The number of benzene rings is 1. The van der Waals surface area contributed by atoms with Gasteiger partial charge in [-0.2, -0.15) is 12.7 Å². The van der Waals surface area contributed by atoms with Gasteiger partial charge in [-0.05, 0) is 31.0 Å². The number of rotatable bonds is 5. The van der Waals surface area contributed by atoms with Gasteiger partial charge in [0.1, 0.15) is 0 Å². The van der Waals surface area contributed by atoms with E-state index in [0.29, 0.717) is 30.4 Å². The Hall–Kier alpha value is -2.12. The van der Waals surface area contributed by atoms with E-state index >= 15 is 0 Å². The van der Waals surface area contributed by atoms with Gasteiger partial charge >= 0.3 is 10.2 Å². The highest BCUT2D eigenvalue weighted by Crippen LogP contribution is 2.29. The van der Waals surface area contributed by atoms with E-state index in [1.54, 1.807) is 48.7 Å². The van der Waals surface area contributed by atoms with Crippen molar-refractivity contribution in [2.75, 3.05) is 17.8 Å². The van der Waals surface area contributed by atoms with E-state index in [4.69, 9.17) is 4.74 Å². The lowest BCUT2D eigenvalue weighted by Gasteiger charge is -2.18. The largest absolute Gasteiger partial charge is 0.437 e. The van der Waals surface area contributed by atoms with Gasteiger partial charge in [0.15, 0.2) is 5.75 Å². The Balaban J connectivity index is 1.82. The summed E-state index contributed by atoms with van der Waals surface area (Å²) >= 11 is 0. The second-order valence-corrected chi connectivity index (χ2v) is 6.65. The fraction of sp³-hybridized carbons (Fsp3) is 0.267. The lowest BCUT2D eigenvalue weighted by Crippen LogP contribution is -2.33. The van der Waals surface area contributed by atoms with E-state index in [1.807, 2.05) is 0 Å². The number of ether oxygens (including phenoxy) is 1. The summed E-state index contributed by atoms with van der Waals surface area (Å²) < 4.78 is 34.4. The van der Waals surface area contributed by atoms with Crippen molar-refractivity contribution in [3.63, 3.8) is 0 Å². The van der Waals surface area contributed by atoms with Crippen LogP contribution in [0.25, 0.3) is 0 Å². The van der Waals surface area contributed by atoms with Gasteiger partial charge in [0, 0.05) is 25.4 Å². The molecule has 7 heteroatoms. The maximum absolute atomic E-state index is 12.4. The van der Waals surface area contributed by atoms with Crippen LogP contribution in [0.1, 0.15) is 12.8 Å². The number of para-hydroxylation sites is 2. The number of hydrogen-bond donors (Lipinski definition) is 1. The minimum absolute atomic E-state index is 0.403. The molecule has 0 aliphatic carbocycles. The predicted octanol–water partition coefficient (Wildman–Crippen LogP) is 2.63. The third-order valence-corrected chi connectivity index (χ3v) is 4.91. The zero-order valence-corrected chi connectivity index (χ0v) is 12.8. The third-order valence-electron chi connectivity index (χ3n) is 3.38. The van der Waals surface area contributed by atoms with Crippen molar-refractivity contribution in [1.82, 2.24) is 9.29 Å². The van der Waals surface area contributed by atoms with E-state index < -0.39 is 10.2 Å². The van der Waals surface area contributed by atoms with Crippen LogP contribution < -0.4 is 9.46 Å². The van der Waals surface area contributed by atoms with Gasteiger partial charge < -0.3 is 4.74 Å². The number of nitrogens with one attached hydrogen (secondary N) is 1. The standard InChI is InChI=1S/C15H17N3O3S/c19-22(20,18-11-5-6-12-18)17-13-7-1-2-8-14(13)21-15-9-3-4-10-16-15/h1-4,7-10,17H,5-6,11-12H2. The first-order valence-electron chi connectivity index (χ1n) is 7.11. The zero-order chi connectivity index (χ0) is 15.4. The molecule has 2 heterocycles. The number of aromatic nitrogens is 1. The lowest BCUT2D eigenvalue weighted by atomic mass is 10.3. The molecular formula is C15H17N3O3S. The Morgan fingerprint density at radius 3 is 2.50 bits per heavy atom. The molecule has 0 atom stereocenters. The van der Waals surface area contributed by atoms with Gasteiger partial charge in [0.05, 0.1) is 5.69 Å². The van der Waals surface area contributed by atoms with Crippen LogP contribution in [-0.4, -0.2) is 30.8 Å². The van der Waals surface area contributed by atoms with Gasteiger partial charge in [0.25, 0.3) is 0 Å². The van der Waals surface area contributed by atoms with Crippen molar-refractivity contribution < 1.29 is 13.2 Å². The van der Waals surface area contributed by atoms with Crippen molar-refractivity contribution in [2.24, 2.45) is 0 Å². The first kappa shape index (κ1) is 14.8. The first-order valence-corrected chi connectivity index (χ1v) is 8.55. The highest BCUT2D eigenvalue weighted by Gasteiger charge is 2.26. The van der Waals surface area contributed by atoms with E-state index in [0.717, 1.165) is 12.8 Å². The summed E-state index contributed by atoms with van der Waals surface area (Å²) in [5.74, 6) is 0.833. The molecule has 1 aliphatic rings. The minimum atomic E-state index is -3.54. The van der Waals surface area contributed by atoms with E-state index in [-0.39, 0.29) is 0 Å². The van der Waals surface area contributed by atoms with E-state index in [2.05, 4.69) is 9.71 Å². The zero-order valence-electron chi connectivity index (χ0n) is 12.0. The Morgan fingerprint density at radius 1 is 1.05 bits per heavy atom. The first-order chi connectivity index (χ1) is 10.6. The summed E-state index contributed by atoms with van der Waals surface area (Å²) in [6.45, 7) is 1.11. The summed E-state index contributed by atoms with van der Waals surface area (Å²) in [5, 5.41) is 0. The molecule has 1 N–H and O–H groups in total. The van der Waals surface area contributed by atoms with Crippen LogP contribution in [0.2, 0.25) is 0 Å². The second kappa shape index (κ2) is 6.33. The normalized spacial score (nSPS) is 15.6. The van der Waals surface area contributed by atoms with Gasteiger partial charge in [0.2, 0.25) is 5.88 Å². The van der Waals surface area contributed by atoms with Crippen molar-refractivity contribution in [3.8, 4) is 11.6 Å². The summed E-state index contributed by atoms with van der Waals surface area (Å²) in [5.41, 5.74) is 0.403. The Kier molecular flexibility index (Phi) is 4.26. The molecule has 6 nitrogen and oxygen atoms in total. The molecule has 0 spiro atoms. The second-order valence-electron chi connectivity index (χ2n) is 4.98. The van der Waals surface area contributed by atoms with Gasteiger partial charge in [-0.1, -0.05) is 18.2 Å². The van der Waals surface area contributed by atoms with E-state index in [1.165, 1.54) is 4.31 Å². The van der Waals surface area contributed by atoms with E-state index in [9.17, 15) is 8.42 Å². The van der Waals surface area contributed by atoms with Gasteiger partial charge in [-0.25, -0.2) is 4.98 Å². The highest BCUT2D eigenvalue weighted by molar-refractivity contribution is 7.90. The summed E-state index contributed by atoms with van der Waals surface area (Å²) in [6, 6.07) is 12.2. The van der Waals surface area contributed by atoms with Crippen LogP contribution in [0, 0.1) is 0 Å². The monoisotopic (exact) mass is 319 g/mol. The molecule has 1 saturated heterocycles. The topological polar surface area (TPSA) is 71.5 Å². The molecule has 22 heavy (non-hydrogen) atoms. The van der Waals surface area contributed by atoms with Crippen LogP contribution in [0.4, 0.5) is 5.69 Å². The molecule has 0 radical (unpaired) electrons. The molecule has 1 fully saturated rings. The summed E-state index contributed by atoms with van der Waals surface area (Å²) in [7, 11) is -3.54. The molecule has 0 unspecified atom stereocenters. The molecule has 0 saturated carbocycles. The molecule has 3 rings (SSSR count). The number of anilines is 1. The van der Waals surface area contributed by atoms with Crippen LogP contribution in [0.3, 0.4) is 0 Å². The fourth-order valence-corrected chi connectivity index (χ4v) is 3.61. The van der Waals surface area contributed by atoms with Crippen LogP contribution in [-0.2, 0) is 10.2 Å². The maximum atomic E-state index is 12.4. The van der Waals surface area contributed by atoms with Crippen LogP contribution >= 0.6 is 0 Å². The summed E-state index contributed by atoms with van der Waals surface area (Å²) in [4.78, 5) is 4.08. The molecular weight excluding hydrogens is 302 g/mol. The quantitative estimate of drug-likeness (QED) is 0.919. The molecule has 0 bridgehead atoms. The maximum Gasteiger partial charge on any atom is 0.301 e. The molecule has 116 valence electrons. The summed E-state index contributed by atoms with van der Waals surface area (Å²) in [6.07, 6.45) is 3.41. The van der Waals surface area contributed by atoms with Crippen LogP contribution in [0.5, 0.6) is 11.6 Å². The smallest absolute Gasteiger partial charge is 0.301 e. The van der Waals surface area contributed by atoms with Crippen molar-refractivity contribution in [1.29, 1.82) is 0 Å². The number of pyridine rings is 1. The predicted molar refractivity (Wildman–Crippen MR) is 84.1 cm³/mol. The third kappa shape index (κ3) is 3.37. The molecule has 1 aliphatic heterocycles. The molecule has 0 amide bonds. The Bertz CT molecular complexity index is 729. The number of nitrogens with zero attached hydrogens (tertiary/aromatic N) is 2. The van der Waals surface area contributed by atoms with Crippen molar-refractivity contribution in [2.45, 2.75) is 12.8 Å². The Labute approximate surface area is 129 Å². The molecule has 1 aromatic heterocycles. The van der Waals surface area contributed by atoms with Crippen molar-refractivity contribution in [3.05, 3.63) is 48.7 Å². The van der Waals surface area contributed by atoms with Crippen LogP contribution in [0.15, 0.2) is 48.7 Å². The minimum Gasteiger partial charge on any atom is -0.437 e. The SMILES string of the molecule is O=S(=O)(Nc1ccccc1Oc1ccccn1)N1CCCC1. The lowest BCUT2D eigenvalue weighted by molar-refractivity contribution is 0.463. The molecule has 2 aromatic rings.